The third-order valence-electron chi connectivity index (χ3n) is 3.11. The number of rotatable bonds is 3. The zero-order valence-electron chi connectivity index (χ0n) is 9.13. The highest BCUT2D eigenvalue weighted by atomic mass is 79.9. The number of halogens is 2. The summed E-state index contributed by atoms with van der Waals surface area (Å²) in [7, 11) is 0. The van der Waals surface area contributed by atoms with Crippen molar-refractivity contribution in [2.75, 3.05) is 11.9 Å². The lowest BCUT2D eigenvalue weighted by Gasteiger charge is -2.27. The van der Waals surface area contributed by atoms with E-state index in [1.54, 1.807) is 6.20 Å². The maximum atomic E-state index is 6.32. The maximum absolute atomic E-state index is 6.32. The molecule has 1 fully saturated rings. The number of hydrogen-bond acceptors (Lipinski definition) is 2. The molecule has 1 N–H and O–H groups in total. The molecule has 0 aliphatic heterocycles. The van der Waals surface area contributed by atoms with Crippen LogP contribution in [0.1, 0.15) is 25.7 Å². The molecule has 2 atom stereocenters. The summed E-state index contributed by atoms with van der Waals surface area (Å²) in [5, 5.41) is 3.69. The van der Waals surface area contributed by atoms with Crippen LogP contribution in [0.3, 0.4) is 0 Å². The van der Waals surface area contributed by atoms with E-state index in [9.17, 15) is 0 Å². The summed E-state index contributed by atoms with van der Waals surface area (Å²) in [6.07, 6.45) is 6.76. The van der Waals surface area contributed by atoms with Gasteiger partial charge in [-0.05, 0) is 46.8 Å². The summed E-state index contributed by atoms with van der Waals surface area (Å²) < 4.78 is 1.01. The molecular formula is C12H16BrClN2. The van der Waals surface area contributed by atoms with Crippen LogP contribution in [-0.2, 0) is 0 Å². The molecule has 0 bridgehead atoms. The van der Waals surface area contributed by atoms with Gasteiger partial charge in [-0.1, -0.05) is 12.8 Å². The fraction of sp³-hybridized carbons (Fsp3) is 0.583. The average molecular weight is 304 g/mol. The Labute approximate surface area is 110 Å². The van der Waals surface area contributed by atoms with E-state index < -0.39 is 0 Å². The molecule has 88 valence electrons. The third kappa shape index (κ3) is 3.11. The van der Waals surface area contributed by atoms with Crippen LogP contribution in [0, 0.1) is 5.92 Å². The van der Waals surface area contributed by atoms with Crippen molar-refractivity contribution in [3.05, 3.63) is 22.8 Å². The SMILES string of the molecule is ClC1CCCCC1CNc1ncccc1Br. The minimum atomic E-state index is 0.323. The summed E-state index contributed by atoms with van der Waals surface area (Å²) >= 11 is 9.79. The Morgan fingerprint density at radius 3 is 3.00 bits per heavy atom. The first-order chi connectivity index (χ1) is 7.77. The number of pyridine rings is 1. The Morgan fingerprint density at radius 1 is 1.44 bits per heavy atom. The maximum Gasteiger partial charge on any atom is 0.140 e. The van der Waals surface area contributed by atoms with Gasteiger partial charge >= 0.3 is 0 Å². The van der Waals surface area contributed by atoms with Crippen LogP contribution in [0.2, 0.25) is 0 Å². The molecule has 2 unspecified atom stereocenters. The zero-order chi connectivity index (χ0) is 11.4. The highest BCUT2D eigenvalue weighted by Gasteiger charge is 2.22. The monoisotopic (exact) mass is 302 g/mol. The Hall–Kier alpha value is -0.280. The van der Waals surface area contributed by atoms with Crippen LogP contribution < -0.4 is 5.32 Å². The minimum absolute atomic E-state index is 0.323. The van der Waals surface area contributed by atoms with E-state index in [1.165, 1.54) is 19.3 Å². The van der Waals surface area contributed by atoms with Crippen molar-refractivity contribution >= 4 is 33.3 Å². The number of aromatic nitrogens is 1. The first kappa shape index (κ1) is 12.2. The first-order valence-corrected chi connectivity index (χ1v) is 6.99. The number of alkyl halides is 1. The van der Waals surface area contributed by atoms with E-state index in [1.807, 2.05) is 12.1 Å². The van der Waals surface area contributed by atoms with Gasteiger partial charge in [0.1, 0.15) is 5.82 Å². The van der Waals surface area contributed by atoms with E-state index in [-0.39, 0.29) is 0 Å². The molecule has 0 spiro atoms. The molecule has 1 heterocycles. The van der Waals surface area contributed by atoms with Gasteiger partial charge in [-0.25, -0.2) is 4.98 Å². The molecule has 0 radical (unpaired) electrons. The predicted molar refractivity (Wildman–Crippen MR) is 72.0 cm³/mol. The lowest BCUT2D eigenvalue weighted by atomic mass is 9.89. The second-order valence-electron chi connectivity index (χ2n) is 4.28. The van der Waals surface area contributed by atoms with Crippen molar-refractivity contribution in [2.24, 2.45) is 5.92 Å². The molecule has 1 aromatic rings. The van der Waals surface area contributed by atoms with Gasteiger partial charge in [-0.15, -0.1) is 11.6 Å². The summed E-state index contributed by atoms with van der Waals surface area (Å²) in [5.74, 6) is 1.49. The first-order valence-electron chi connectivity index (χ1n) is 5.76. The van der Waals surface area contributed by atoms with Gasteiger partial charge in [-0.3, -0.25) is 0 Å². The normalized spacial score (nSPS) is 25.4. The van der Waals surface area contributed by atoms with Crippen LogP contribution in [0.5, 0.6) is 0 Å². The highest BCUT2D eigenvalue weighted by Crippen LogP contribution is 2.29. The Balaban J connectivity index is 1.89. The largest absolute Gasteiger partial charge is 0.369 e. The van der Waals surface area contributed by atoms with Crippen molar-refractivity contribution in [3.63, 3.8) is 0 Å². The van der Waals surface area contributed by atoms with Crippen molar-refractivity contribution in [2.45, 2.75) is 31.1 Å². The Kier molecular flexibility index (Phi) is 4.47. The summed E-state index contributed by atoms with van der Waals surface area (Å²) in [6, 6.07) is 3.91. The topological polar surface area (TPSA) is 24.9 Å². The fourth-order valence-electron chi connectivity index (χ4n) is 2.14. The van der Waals surface area contributed by atoms with Crippen LogP contribution in [0.15, 0.2) is 22.8 Å². The van der Waals surface area contributed by atoms with E-state index in [2.05, 4.69) is 26.2 Å². The quantitative estimate of drug-likeness (QED) is 0.852. The molecule has 1 saturated carbocycles. The molecule has 1 aliphatic rings. The molecule has 4 heteroatoms. The number of nitrogens with zero attached hydrogens (tertiary/aromatic N) is 1. The number of hydrogen-bond donors (Lipinski definition) is 1. The van der Waals surface area contributed by atoms with Crippen LogP contribution in [-0.4, -0.2) is 16.9 Å². The van der Waals surface area contributed by atoms with Crippen molar-refractivity contribution < 1.29 is 0 Å². The number of nitrogens with one attached hydrogen (secondary N) is 1. The van der Waals surface area contributed by atoms with Crippen LogP contribution in [0.25, 0.3) is 0 Å². The van der Waals surface area contributed by atoms with Crippen molar-refractivity contribution in [1.29, 1.82) is 0 Å². The average Bonchev–Trinajstić information content (AvgIpc) is 2.30. The molecule has 0 aromatic carbocycles. The molecule has 16 heavy (non-hydrogen) atoms. The second kappa shape index (κ2) is 5.87. The van der Waals surface area contributed by atoms with E-state index >= 15 is 0 Å². The van der Waals surface area contributed by atoms with Crippen molar-refractivity contribution in [1.82, 2.24) is 4.98 Å². The molecule has 0 saturated heterocycles. The zero-order valence-corrected chi connectivity index (χ0v) is 11.5. The van der Waals surface area contributed by atoms with Gasteiger partial charge in [0.15, 0.2) is 0 Å². The Morgan fingerprint density at radius 2 is 2.25 bits per heavy atom. The second-order valence-corrected chi connectivity index (χ2v) is 5.69. The van der Waals surface area contributed by atoms with Gasteiger partial charge < -0.3 is 5.32 Å². The summed E-state index contributed by atoms with van der Waals surface area (Å²) in [5.41, 5.74) is 0. The molecule has 0 amide bonds. The van der Waals surface area contributed by atoms with E-state index in [0.29, 0.717) is 11.3 Å². The van der Waals surface area contributed by atoms with Crippen LogP contribution >= 0.6 is 27.5 Å². The standard InChI is InChI=1S/C12H16BrClN2/c13-10-5-3-7-15-12(10)16-8-9-4-1-2-6-11(9)14/h3,5,7,9,11H,1-2,4,6,8H2,(H,15,16). The van der Waals surface area contributed by atoms with Gasteiger partial charge in [-0.2, -0.15) is 0 Å². The molecule has 1 aromatic heterocycles. The van der Waals surface area contributed by atoms with Crippen molar-refractivity contribution in [3.8, 4) is 0 Å². The van der Waals surface area contributed by atoms with E-state index in [4.69, 9.17) is 11.6 Å². The molecule has 1 aliphatic carbocycles. The predicted octanol–water partition coefficient (Wildman–Crippen LogP) is 4.05. The van der Waals surface area contributed by atoms with Gasteiger partial charge in [0.25, 0.3) is 0 Å². The number of anilines is 1. The van der Waals surface area contributed by atoms with Gasteiger partial charge in [0.2, 0.25) is 0 Å². The Bertz CT molecular complexity index is 346. The molecule has 2 rings (SSSR count). The van der Waals surface area contributed by atoms with E-state index in [0.717, 1.165) is 23.3 Å². The minimum Gasteiger partial charge on any atom is -0.369 e. The summed E-state index contributed by atoms with van der Waals surface area (Å²) in [6.45, 7) is 0.920. The van der Waals surface area contributed by atoms with Crippen LogP contribution in [0.4, 0.5) is 5.82 Å². The molecular weight excluding hydrogens is 288 g/mol. The highest BCUT2D eigenvalue weighted by molar-refractivity contribution is 9.10. The lowest BCUT2D eigenvalue weighted by molar-refractivity contribution is 0.380. The summed E-state index contributed by atoms with van der Waals surface area (Å²) in [4.78, 5) is 4.29. The van der Waals surface area contributed by atoms with Gasteiger partial charge in [0.05, 0.1) is 4.47 Å². The smallest absolute Gasteiger partial charge is 0.140 e. The van der Waals surface area contributed by atoms with Gasteiger partial charge in [0, 0.05) is 18.1 Å². The molecule has 2 nitrogen and oxygen atoms in total. The lowest BCUT2D eigenvalue weighted by Crippen LogP contribution is -2.27. The third-order valence-corrected chi connectivity index (χ3v) is 4.32. The fourth-order valence-corrected chi connectivity index (χ4v) is 2.90.